The van der Waals surface area contributed by atoms with Crippen molar-refractivity contribution in [2.75, 3.05) is 32.9 Å². The Morgan fingerprint density at radius 1 is 1.07 bits per heavy atom. The van der Waals surface area contributed by atoms with Gasteiger partial charge in [0.15, 0.2) is 0 Å². The molecular formula is C18H31N5O2S2. The van der Waals surface area contributed by atoms with Crippen LogP contribution in [-0.4, -0.2) is 51.1 Å². The molecule has 0 aliphatic rings. The smallest absolute Gasteiger partial charge is 0.219 e. The summed E-state index contributed by atoms with van der Waals surface area (Å²) in [7, 11) is 4.05. The van der Waals surface area contributed by atoms with Gasteiger partial charge in [0.05, 0.1) is 18.8 Å². The molecule has 0 spiro atoms. The Balaban J connectivity index is 1.79. The van der Waals surface area contributed by atoms with Crippen molar-refractivity contribution >= 4 is 22.9 Å². The SMILES string of the molecule is CCCCCCN=c1[nH][s+]([O-])[nH]c1=NCCSCc1ccc(CN(C)C)o1. The van der Waals surface area contributed by atoms with Gasteiger partial charge in [0.1, 0.15) is 22.7 Å². The van der Waals surface area contributed by atoms with E-state index in [1.807, 2.05) is 26.2 Å². The molecule has 9 heteroatoms. The molecule has 0 bridgehead atoms. The van der Waals surface area contributed by atoms with Crippen molar-refractivity contribution in [1.82, 2.24) is 13.6 Å². The van der Waals surface area contributed by atoms with E-state index in [1.54, 1.807) is 11.8 Å². The van der Waals surface area contributed by atoms with Gasteiger partial charge in [-0.2, -0.15) is 20.5 Å². The Bertz CT molecular complexity index is 788. The summed E-state index contributed by atoms with van der Waals surface area (Å²) in [6.45, 7) is 4.39. The van der Waals surface area contributed by atoms with Crippen molar-refractivity contribution in [1.29, 1.82) is 0 Å². The average molecular weight is 414 g/mol. The number of thioether (sulfide) groups is 1. The van der Waals surface area contributed by atoms with Gasteiger partial charge >= 0.3 is 0 Å². The highest BCUT2D eigenvalue weighted by Gasteiger charge is 2.03. The molecule has 2 aromatic rings. The van der Waals surface area contributed by atoms with E-state index in [2.05, 4.69) is 30.6 Å². The van der Waals surface area contributed by atoms with E-state index >= 15 is 0 Å². The third-order valence-corrected chi connectivity index (χ3v) is 5.54. The zero-order chi connectivity index (χ0) is 19.5. The lowest BCUT2D eigenvalue weighted by Crippen LogP contribution is -2.26. The summed E-state index contributed by atoms with van der Waals surface area (Å²) in [5.74, 6) is 3.67. The van der Waals surface area contributed by atoms with Crippen LogP contribution in [0.2, 0.25) is 0 Å². The highest BCUT2D eigenvalue weighted by atomic mass is 32.2. The minimum atomic E-state index is -1.32. The topological polar surface area (TPSA) is 95.7 Å². The second-order valence-corrected chi connectivity index (χ2v) is 8.70. The number of hydrogen-bond donors (Lipinski definition) is 2. The zero-order valence-corrected chi connectivity index (χ0v) is 18.1. The van der Waals surface area contributed by atoms with E-state index in [0.29, 0.717) is 17.5 Å². The third kappa shape index (κ3) is 8.50. The van der Waals surface area contributed by atoms with Gasteiger partial charge < -0.3 is 13.9 Å². The molecule has 0 radical (unpaired) electrons. The van der Waals surface area contributed by atoms with Crippen LogP contribution in [-0.2, 0) is 12.3 Å². The van der Waals surface area contributed by atoms with Crippen LogP contribution < -0.4 is 11.0 Å². The molecule has 1 unspecified atom stereocenters. The molecule has 2 aromatic heterocycles. The summed E-state index contributed by atoms with van der Waals surface area (Å²) in [5.41, 5.74) is 1.23. The molecule has 0 saturated heterocycles. The molecule has 2 rings (SSSR count). The molecular weight excluding hydrogens is 382 g/mol. The second kappa shape index (κ2) is 12.2. The number of rotatable bonds is 12. The fourth-order valence-corrected chi connectivity index (χ4v) is 3.98. The number of unbranched alkanes of at least 4 members (excludes halogenated alkanes) is 3. The van der Waals surface area contributed by atoms with Crippen molar-refractivity contribution in [3.8, 4) is 0 Å². The van der Waals surface area contributed by atoms with Crippen molar-refractivity contribution in [3.63, 3.8) is 0 Å². The third-order valence-electron chi connectivity index (χ3n) is 3.82. The van der Waals surface area contributed by atoms with Crippen molar-refractivity contribution in [3.05, 3.63) is 34.6 Å². The largest absolute Gasteiger partial charge is 0.549 e. The normalized spacial score (nSPS) is 13.9. The van der Waals surface area contributed by atoms with Crippen LogP contribution in [0.3, 0.4) is 0 Å². The summed E-state index contributed by atoms with van der Waals surface area (Å²) in [5, 5.41) is 0. The monoisotopic (exact) mass is 413 g/mol. The van der Waals surface area contributed by atoms with Crippen molar-refractivity contribution < 1.29 is 8.97 Å². The Morgan fingerprint density at radius 2 is 1.78 bits per heavy atom. The lowest BCUT2D eigenvalue weighted by Gasteiger charge is -2.05. The van der Waals surface area contributed by atoms with Crippen LogP contribution in [0.15, 0.2) is 26.5 Å². The molecule has 152 valence electrons. The number of H-pyrrole nitrogens is 2. The molecule has 0 aromatic carbocycles. The van der Waals surface area contributed by atoms with Crippen LogP contribution in [0.1, 0.15) is 44.1 Å². The van der Waals surface area contributed by atoms with Gasteiger partial charge in [-0.1, -0.05) is 26.2 Å². The molecule has 0 aliphatic carbocycles. The summed E-state index contributed by atoms with van der Waals surface area (Å²) in [4.78, 5) is 11.1. The van der Waals surface area contributed by atoms with Crippen molar-refractivity contribution in [2.24, 2.45) is 9.98 Å². The van der Waals surface area contributed by atoms with Gasteiger partial charge in [-0.3, -0.25) is 9.98 Å². The van der Waals surface area contributed by atoms with Crippen LogP contribution in [0.5, 0.6) is 0 Å². The van der Waals surface area contributed by atoms with Gasteiger partial charge in [-0.15, -0.1) is 0 Å². The van der Waals surface area contributed by atoms with Gasteiger partial charge in [0.25, 0.3) is 0 Å². The van der Waals surface area contributed by atoms with E-state index in [1.165, 1.54) is 19.3 Å². The maximum atomic E-state index is 11.7. The van der Waals surface area contributed by atoms with E-state index in [9.17, 15) is 4.55 Å². The first kappa shape index (κ1) is 22.0. The zero-order valence-electron chi connectivity index (χ0n) is 16.5. The van der Waals surface area contributed by atoms with E-state index in [4.69, 9.17) is 4.42 Å². The van der Waals surface area contributed by atoms with E-state index in [0.717, 1.165) is 42.5 Å². The van der Waals surface area contributed by atoms with Gasteiger partial charge in [0.2, 0.25) is 11.0 Å². The summed E-state index contributed by atoms with van der Waals surface area (Å²) in [6.07, 6.45) is 4.66. The Labute approximate surface area is 168 Å². The fraction of sp³-hybridized carbons (Fsp3) is 0.667. The van der Waals surface area contributed by atoms with Gasteiger partial charge in [-0.25, -0.2) is 0 Å². The lowest BCUT2D eigenvalue weighted by molar-refractivity contribution is 0.344. The number of nitrogens with one attached hydrogen (secondary N) is 2. The predicted octanol–water partition coefficient (Wildman–Crippen LogP) is 3.04. The van der Waals surface area contributed by atoms with Crippen molar-refractivity contribution in [2.45, 2.75) is 44.9 Å². The average Bonchev–Trinajstić information content (AvgIpc) is 3.20. The molecule has 0 amide bonds. The summed E-state index contributed by atoms with van der Waals surface area (Å²) >= 11 is 0.454. The highest BCUT2D eigenvalue weighted by Crippen LogP contribution is 2.16. The predicted molar refractivity (Wildman–Crippen MR) is 111 cm³/mol. The molecule has 0 aliphatic heterocycles. The first-order valence-electron chi connectivity index (χ1n) is 9.43. The maximum Gasteiger partial charge on any atom is 0.219 e. The van der Waals surface area contributed by atoms with Crippen LogP contribution in [0, 0.1) is 0 Å². The Morgan fingerprint density at radius 3 is 2.48 bits per heavy atom. The number of aromatic nitrogens is 2. The molecule has 0 saturated carbocycles. The highest BCUT2D eigenvalue weighted by molar-refractivity contribution is 7.98. The quantitative estimate of drug-likeness (QED) is 0.413. The van der Waals surface area contributed by atoms with E-state index < -0.39 is 11.1 Å². The van der Waals surface area contributed by atoms with Gasteiger partial charge in [-0.05, 0) is 32.6 Å². The Hall–Kier alpha value is -1.29. The molecule has 2 N–H and O–H groups in total. The lowest BCUT2D eigenvalue weighted by atomic mass is 10.2. The maximum absolute atomic E-state index is 11.7. The first-order valence-corrected chi connectivity index (χ1v) is 11.7. The standard InChI is InChI=1S/C18H31N5O2S2/c1-4-5-6-7-10-19-17-18(22-27(24)21-17)20-11-12-26-14-16-9-8-15(25-16)13-23(2)3/h8-9H,4-7,10-14H2,1-3H3,(H,19,21)(H,20,22). The molecule has 7 nitrogen and oxygen atoms in total. The second-order valence-electron chi connectivity index (χ2n) is 6.65. The number of furan rings is 1. The number of aromatic amines is 2. The van der Waals surface area contributed by atoms with Crippen LogP contribution in [0.4, 0.5) is 0 Å². The minimum absolute atomic E-state index is 0.607. The molecule has 27 heavy (non-hydrogen) atoms. The molecule has 1 atom stereocenters. The van der Waals surface area contributed by atoms with Gasteiger partial charge in [0, 0.05) is 12.3 Å². The van der Waals surface area contributed by atoms with Crippen LogP contribution in [0.25, 0.3) is 0 Å². The fourth-order valence-electron chi connectivity index (χ4n) is 2.53. The van der Waals surface area contributed by atoms with Crippen LogP contribution >= 0.6 is 22.9 Å². The summed E-state index contributed by atoms with van der Waals surface area (Å²) < 4.78 is 23.1. The first-order chi connectivity index (χ1) is 13.1. The summed E-state index contributed by atoms with van der Waals surface area (Å²) in [6, 6.07) is 4.06. The number of nitrogens with zero attached hydrogens (tertiary/aromatic N) is 3. The van der Waals surface area contributed by atoms with E-state index in [-0.39, 0.29) is 0 Å². The number of hydrogen-bond acceptors (Lipinski definition) is 6. The molecule has 0 fully saturated rings. The minimum Gasteiger partial charge on any atom is -0.549 e. The Kier molecular flexibility index (Phi) is 9.96. The molecule has 2 heterocycles.